The third-order valence-electron chi connectivity index (χ3n) is 4.45. The number of nitrogens with one attached hydrogen (secondary N) is 1. The summed E-state index contributed by atoms with van der Waals surface area (Å²) in [4.78, 5) is 0. The van der Waals surface area contributed by atoms with Gasteiger partial charge in [0.2, 0.25) is 0 Å². The van der Waals surface area contributed by atoms with Gasteiger partial charge in [-0.05, 0) is 42.8 Å². The number of aromatic nitrogens is 2. The minimum absolute atomic E-state index is 0.574. The lowest BCUT2D eigenvalue weighted by Gasteiger charge is -2.10. The SMILES string of the molecule is COc1ccccc1-c1nn(-c2ccc(C(F)(F)F)cc2)c2c1CCN2. The molecule has 0 atom stereocenters. The van der Waals surface area contributed by atoms with Crippen molar-refractivity contribution >= 4 is 5.82 Å². The zero-order chi connectivity index (χ0) is 18.3. The van der Waals surface area contributed by atoms with Crippen molar-refractivity contribution in [3.8, 4) is 22.7 Å². The Morgan fingerprint density at radius 2 is 1.81 bits per heavy atom. The summed E-state index contributed by atoms with van der Waals surface area (Å²) < 4.78 is 45.5. The van der Waals surface area contributed by atoms with E-state index in [0.29, 0.717) is 11.4 Å². The van der Waals surface area contributed by atoms with Crippen LogP contribution in [-0.4, -0.2) is 23.4 Å². The normalized spacial score (nSPS) is 13.4. The lowest BCUT2D eigenvalue weighted by Crippen LogP contribution is -2.07. The smallest absolute Gasteiger partial charge is 0.416 e. The van der Waals surface area contributed by atoms with E-state index in [4.69, 9.17) is 4.74 Å². The number of methoxy groups -OCH3 is 1. The lowest BCUT2D eigenvalue weighted by atomic mass is 10.1. The van der Waals surface area contributed by atoms with Crippen molar-refractivity contribution < 1.29 is 17.9 Å². The molecule has 1 N–H and O–H groups in total. The van der Waals surface area contributed by atoms with Gasteiger partial charge in [0.25, 0.3) is 0 Å². The van der Waals surface area contributed by atoms with Crippen LogP contribution in [0.25, 0.3) is 16.9 Å². The van der Waals surface area contributed by atoms with Crippen molar-refractivity contribution in [3.63, 3.8) is 0 Å². The largest absolute Gasteiger partial charge is 0.496 e. The van der Waals surface area contributed by atoms with Crippen LogP contribution in [0.1, 0.15) is 11.1 Å². The fourth-order valence-corrected chi connectivity index (χ4v) is 3.21. The Kier molecular flexibility index (Phi) is 3.86. The standard InChI is InChI=1S/C19H16F3N3O/c1-26-16-5-3-2-4-14(16)17-15-10-11-23-18(15)25(24-17)13-8-6-12(7-9-13)19(20,21)22/h2-9,23H,10-11H2,1H3. The number of hydrogen-bond acceptors (Lipinski definition) is 3. The molecular weight excluding hydrogens is 343 g/mol. The van der Waals surface area contributed by atoms with E-state index in [-0.39, 0.29) is 0 Å². The van der Waals surface area contributed by atoms with Gasteiger partial charge in [-0.25, -0.2) is 4.68 Å². The van der Waals surface area contributed by atoms with Crippen LogP contribution < -0.4 is 10.1 Å². The van der Waals surface area contributed by atoms with Crippen molar-refractivity contribution in [2.75, 3.05) is 19.0 Å². The molecule has 2 aromatic carbocycles. The predicted molar refractivity (Wildman–Crippen MR) is 92.7 cm³/mol. The number of halogens is 3. The zero-order valence-corrected chi connectivity index (χ0v) is 14.0. The van der Waals surface area contributed by atoms with Gasteiger partial charge in [0.05, 0.1) is 18.4 Å². The van der Waals surface area contributed by atoms with Gasteiger partial charge in [-0.2, -0.15) is 18.3 Å². The van der Waals surface area contributed by atoms with Gasteiger partial charge < -0.3 is 10.1 Å². The summed E-state index contributed by atoms with van der Waals surface area (Å²) in [7, 11) is 1.60. The first-order valence-corrected chi connectivity index (χ1v) is 8.16. The Balaban J connectivity index is 1.82. The molecule has 2 heterocycles. The van der Waals surface area contributed by atoms with Crippen molar-refractivity contribution in [3.05, 3.63) is 59.7 Å². The molecule has 0 bridgehead atoms. The Morgan fingerprint density at radius 3 is 2.50 bits per heavy atom. The summed E-state index contributed by atoms with van der Waals surface area (Å²) in [5.74, 6) is 1.52. The highest BCUT2D eigenvalue weighted by atomic mass is 19.4. The van der Waals surface area contributed by atoms with Gasteiger partial charge >= 0.3 is 6.18 Å². The summed E-state index contributed by atoms with van der Waals surface area (Å²) in [6.45, 7) is 0.760. The topological polar surface area (TPSA) is 39.1 Å². The molecule has 0 amide bonds. The van der Waals surface area contributed by atoms with Gasteiger partial charge in [-0.1, -0.05) is 12.1 Å². The number of nitrogens with zero attached hydrogens (tertiary/aromatic N) is 2. The molecule has 0 saturated carbocycles. The second kappa shape index (κ2) is 6.09. The fraction of sp³-hybridized carbons (Fsp3) is 0.211. The zero-order valence-electron chi connectivity index (χ0n) is 14.0. The molecule has 134 valence electrons. The number of para-hydroxylation sites is 1. The molecule has 4 nitrogen and oxygen atoms in total. The van der Waals surface area contributed by atoms with E-state index in [1.807, 2.05) is 24.3 Å². The molecule has 4 rings (SSSR count). The quantitative estimate of drug-likeness (QED) is 0.747. The number of ether oxygens (including phenoxy) is 1. The molecular formula is C19H16F3N3O. The van der Waals surface area contributed by atoms with Crippen LogP contribution in [0, 0.1) is 0 Å². The summed E-state index contributed by atoms with van der Waals surface area (Å²) in [6.07, 6.45) is -3.56. The highest BCUT2D eigenvalue weighted by molar-refractivity contribution is 5.76. The van der Waals surface area contributed by atoms with Gasteiger partial charge in [-0.3, -0.25) is 0 Å². The number of alkyl halides is 3. The number of anilines is 1. The third-order valence-corrected chi connectivity index (χ3v) is 4.45. The maximum atomic E-state index is 12.8. The maximum absolute atomic E-state index is 12.8. The lowest BCUT2D eigenvalue weighted by molar-refractivity contribution is -0.137. The van der Waals surface area contributed by atoms with E-state index < -0.39 is 11.7 Å². The minimum atomic E-state index is -4.36. The molecule has 0 unspecified atom stereocenters. The molecule has 1 aliphatic rings. The predicted octanol–water partition coefficient (Wildman–Crippen LogP) is 4.53. The van der Waals surface area contributed by atoms with E-state index in [1.54, 1.807) is 11.8 Å². The first kappa shape index (κ1) is 16.5. The molecule has 0 spiro atoms. The summed E-state index contributed by atoms with van der Waals surface area (Å²) >= 11 is 0. The molecule has 1 aromatic heterocycles. The van der Waals surface area contributed by atoms with Crippen molar-refractivity contribution in [2.24, 2.45) is 0 Å². The monoisotopic (exact) mass is 359 g/mol. The van der Waals surface area contributed by atoms with Crippen LogP contribution in [-0.2, 0) is 12.6 Å². The summed E-state index contributed by atoms with van der Waals surface area (Å²) in [6, 6.07) is 12.6. The molecule has 0 fully saturated rings. The van der Waals surface area contributed by atoms with Crippen LogP contribution in [0.2, 0.25) is 0 Å². The van der Waals surface area contributed by atoms with Gasteiger partial charge in [0.15, 0.2) is 0 Å². The van der Waals surface area contributed by atoms with Crippen LogP contribution >= 0.6 is 0 Å². The third kappa shape index (κ3) is 2.69. The summed E-state index contributed by atoms with van der Waals surface area (Å²) in [5.41, 5.74) is 2.57. The van der Waals surface area contributed by atoms with Crippen molar-refractivity contribution in [1.29, 1.82) is 0 Å². The molecule has 3 aromatic rings. The number of hydrogen-bond donors (Lipinski definition) is 1. The molecule has 0 radical (unpaired) electrons. The van der Waals surface area contributed by atoms with Crippen LogP contribution in [0.15, 0.2) is 48.5 Å². The molecule has 0 saturated heterocycles. The van der Waals surface area contributed by atoms with Gasteiger partial charge in [0, 0.05) is 17.7 Å². The van der Waals surface area contributed by atoms with E-state index in [9.17, 15) is 13.2 Å². The Morgan fingerprint density at radius 1 is 1.08 bits per heavy atom. The second-order valence-electron chi connectivity index (χ2n) is 6.01. The average Bonchev–Trinajstić information content (AvgIpc) is 3.23. The Hall–Kier alpha value is -2.96. The maximum Gasteiger partial charge on any atom is 0.416 e. The van der Waals surface area contributed by atoms with Crippen LogP contribution in [0.4, 0.5) is 19.0 Å². The van der Waals surface area contributed by atoms with Crippen molar-refractivity contribution in [1.82, 2.24) is 9.78 Å². The van der Waals surface area contributed by atoms with E-state index in [1.165, 1.54) is 12.1 Å². The molecule has 26 heavy (non-hydrogen) atoms. The fourth-order valence-electron chi connectivity index (χ4n) is 3.21. The minimum Gasteiger partial charge on any atom is -0.496 e. The highest BCUT2D eigenvalue weighted by Crippen LogP contribution is 2.38. The Bertz CT molecular complexity index is 946. The molecule has 7 heteroatoms. The number of rotatable bonds is 3. The number of benzene rings is 2. The average molecular weight is 359 g/mol. The number of fused-ring (bicyclic) bond motifs is 1. The van der Waals surface area contributed by atoms with E-state index in [2.05, 4.69) is 10.4 Å². The Labute approximate surface area is 148 Å². The van der Waals surface area contributed by atoms with E-state index in [0.717, 1.165) is 47.7 Å². The highest BCUT2D eigenvalue weighted by Gasteiger charge is 2.30. The second-order valence-corrected chi connectivity index (χ2v) is 6.01. The van der Waals surface area contributed by atoms with Crippen molar-refractivity contribution in [2.45, 2.75) is 12.6 Å². The van der Waals surface area contributed by atoms with Gasteiger partial charge in [0.1, 0.15) is 17.3 Å². The summed E-state index contributed by atoms with van der Waals surface area (Å²) in [5, 5.41) is 7.94. The van der Waals surface area contributed by atoms with Crippen LogP contribution in [0.5, 0.6) is 5.75 Å². The molecule has 1 aliphatic heterocycles. The van der Waals surface area contributed by atoms with Crippen LogP contribution in [0.3, 0.4) is 0 Å². The first-order chi connectivity index (χ1) is 12.5. The van der Waals surface area contributed by atoms with Gasteiger partial charge in [-0.15, -0.1) is 0 Å². The first-order valence-electron chi connectivity index (χ1n) is 8.16. The van der Waals surface area contributed by atoms with E-state index >= 15 is 0 Å². The molecule has 0 aliphatic carbocycles.